The molecule has 0 fully saturated rings. The van der Waals surface area contributed by atoms with Gasteiger partial charge in [-0.1, -0.05) is 31.2 Å². The first-order valence-corrected chi connectivity index (χ1v) is 7.53. The number of benzene rings is 1. The van der Waals surface area contributed by atoms with Crippen molar-refractivity contribution < 1.29 is 0 Å². The van der Waals surface area contributed by atoms with Gasteiger partial charge >= 0.3 is 0 Å². The maximum atomic E-state index is 4.48. The summed E-state index contributed by atoms with van der Waals surface area (Å²) in [5.74, 6) is 0. The Morgan fingerprint density at radius 1 is 1.30 bits per heavy atom. The zero-order valence-electron chi connectivity index (χ0n) is 12.6. The number of nitrogens with one attached hydrogen (secondary N) is 1. The summed E-state index contributed by atoms with van der Waals surface area (Å²) >= 11 is 0. The Morgan fingerprint density at radius 2 is 2.10 bits per heavy atom. The zero-order chi connectivity index (χ0) is 14.1. The highest BCUT2D eigenvalue weighted by molar-refractivity contribution is 5.34. The van der Waals surface area contributed by atoms with E-state index in [9.17, 15) is 0 Å². The second kappa shape index (κ2) is 5.41. The van der Waals surface area contributed by atoms with Crippen molar-refractivity contribution in [2.75, 3.05) is 6.54 Å². The van der Waals surface area contributed by atoms with Crippen LogP contribution in [0.3, 0.4) is 0 Å². The van der Waals surface area contributed by atoms with E-state index in [1.807, 2.05) is 6.33 Å². The summed E-state index contributed by atoms with van der Waals surface area (Å²) in [7, 11) is 0. The average Bonchev–Trinajstić information content (AvgIpc) is 2.80. The van der Waals surface area contributed by atoms with Crippen molar-refractivity contribution in [1.29, 1.82) is 0 Å². The minimum absolute atomic E-state index is 0.386. The lowest BCUT2D eigenvalue weighted by atomic mass is 9.83. The van der Waals surface area contributed by atoms with Gasteiger partial charge in [-0.3, -0.25) is 0 Å². The van der Waals surface area contributed by atoms with Crippen LogP contribution >= 0.6 is 0 Å². The van der Waals surface area contributed by atoms with Crippen LogP contribution in [-0.4, -0.2) is 16.1 Å². The van der Waals surface area contributed by atoms with Crippen molar-refractivity contribution in [3.05, 3.63) is 53.1 Å². The fourth-order valence-corrected chi connectivity index (χ4v) is 3.36. The third-order valence-electron chi connectivity index (χ3n) is 4.55. The Morgan fingerprint density at radius 3 is 2.80 bits per heavy atom. The molecule has 1 N–H and O–H groups in total. The highest BCUT2D eigenvalue weighted by Crippen LogP contribution is 2.38. The molecule has 1 heterocycles. The van der Waals surface area contributed by atoms with E-state index in [1.54, 1.807) is 0 Å². The molecule has 0 amide bonds. The zero-order valence-corrected chi connectivity index (χ0v) is 12.6. The Hall–Kier alpha value is -1.61. The van der Waals surface area contributed by atoms with Crippen LogP contribution in [0.1, 0.15) is 47.9 Å². The fraction of sp³-hybridized carbons (Fsp3) is 0.471. The molecule has 0 spiro atoms. The largest absolute Gasteiger partial charge is 0.330 e. The van der Waals surface area contributed by atoms with Crippen LogP contribution < -0.4 is 5.32 Å². The van der Waals surface area contributed by atoms with Crippen LogP contribution in [0.2, 0.25) is 0 Å². The van der Waals surface area contributed by atoms with Gasteiger partial charge in [0.15, 0.2) is 0 Å². The van der Waals surface area contributed by atoms with Gasteiger partial charge in [0.25, 0.3) is 0 Å². The molecule has 2 aromatic rings. The van der Waals surface area contributed by atoms with Crippen LogP contribution in [0.15, 0.2) is 30.6 Å². The van der Waals surface area contributed by atoms with Crippen molar-refractivity contribution in [3.63, 3.8) is 0 Å². The smallest absolute Gasteiger partial charge is 0.0954 e. The Bertz CT molecular complexity index is 600. The molecule has 2 atom stereocenters. The third kappa shape index (κ3) is 2.16. The van der Waals surface area contributed by atoms with Crippen molar-refractivity contribution in [1.82, 2.24) is 14.9 Å². The number of likely N-dealkylation sites (N-methyl/N-ethyl adjacent to an activating group) is 1. The van der Waals surface area contributed by atoms with Crippen molar-refractivity contribution in [3.8, 4) is 0 Å². The number of hydrogen-bond acceptors (Lipinski definition) is 2. The van der Waals surface area contributed by atoms with Gasteiger partial charge in [0.2, 0.25) is 0 Å². The highest BCUT2D eigenvalue weighted by atomic mass is 15.1. The second-order valence-electron chi connectivity index (χ2n) is 5.66. The Kier molecular flexibility index (Phi) is 3.62. The number of imidazole rings is 1. The van der Waals surface area contributed by atoms with Gasteiger partial charge in [0.05, 0.1) is 24.1 Å². The minimum atomic E-state index is 0.386. The number of hydrogen-bond donors (Lipinski definition) is 1. The van der Waals surface area contributed by atoms with Crippen LogP contribution in [0, 0.1) is 13.8 Å². The molecule has 1 aliphatic carbocycles. The lowest BCUT2D eigenvalue weighted by Gasteiger charge is -2.35. The van der Waals surface area contributed by atoms with Crippen LogP contribution in [0.5, 0.6) is 0 Å². The Labute approximate surface area is 121 Å². The molecule has 2 unspecified atom stereocenters. The SMILES string of the molecule is CCNC1c2ccccc2CCC1n1cnc(C)c1C. The van der Waals surface area contributed by atoms with Crippen molar-refractivity contribution in [2.45, 2.75) is 45.7 Å². The standard InChI is InChI=1S/C17H23N3/c1-4-18-17-15-8-6-5-7-14(15)9-10-16(17)20-11-19-12(2)13(20)3/h5-8,11,16-18H,4,9-10H2,1-3H3. The van der Waals surface area contributed by atoms with E-state index < -0.39 is 0 Å². The summed E-state index contributed by atoms with van der Waals surface area (Å²) < 4.78 is 2.36. The van der Waals surface area contributed by atoms with Gasteiger partial charge in [-0.15, -0.1) is 0 Å². The molecule has 0 saturated heterocycles. The number of aromatic nitrogens is 2. The molecule has 0 saturated carbocycles. The highest BCUT2D eigenvalue weighted by Gasteiger charge is 2.30. The molecule has 20 heavy (non-hydrogen) atoms. The first-order valence-electron chi connectivity index (χ1n) is 7.53. The number of fused-ring (bicyclic) bond motifs is 1. The van der Waals surface area contributed by atoms with E-state index in [-0.39, 0.29) is 0 Å². The molecule has 3 nitrogen and oxygen atoms in total. The van der Waals surface area contributed by atoms with Crippen LogP contribution in [0.25, 0.3) is 0 Å². The quantitative estimate of drug-likeness (QED) is 0.926. The first kappa shape index (κ1) is 13.4. The van der Waals surface area contributed by atoms with E-state index >= 15 is 0 Å². The predicted molar refractivity (Wildman–Crippen MR) is 81.9 cm³/mol. The minimum Gasteiger partial charge on any atom is -0.330 e. The summed E-state index contributed by atoms with van der Waals surface area (Å²) in [4.78, 5) is 4.48. The summed E-state index contributed by atoms with van der Waals surface area (Å²) in [5, 5.41) is 3.68. The molecule has 0 bridgehead atoms. The molecule has 0 radical (unpaired) electrons. The molecule has 3 rings (SSSR count). The number of aryl methyl sites for hydroxylation is 2. The lowest BCUT2D eigenvalue weighted by Crippen LogP contribution is -2.34. The van der Waals surface area contributed by atoms with Crippen molar-refractivity contribution >= 4 is 0 Å². The summed E-state index contributed by atoms with van der Waals surface area (Å²) in [6.07, 6.45) is 4.33. The van der Waals surface area contributed by atoms with E-state index in [0.717, 1.165) is 18.7 Å². The second-order valence-corrected chi connectivity index (χ2v) is 5.66. The first-order chi connectivity index (χ1) is 9.72. The van der Waals surface area contributed by atoms with Gasteiger partial charge in [-0.05, 0) is 44.4 Å². The number of nitrogens with zero attached hydrogens (tertiary/aromatic N) is 2. The maximum absolute atomic E-state index is 4.48. The van der Waals surface area contributed by atoms with E-state index in [4.69, 9.17) is 0 Å². The Balaban J connectivity index is 2.02. The molecule has 3 heteroatoms. The summed E-state index contributed by atoms with van der Waals surface area (Å²) in [6, 6.07) is 9.69. The van der Waals surface area contributed by atoms with Crippen LogP contribution in [-0.2, 0) is 6.42 Å². The molecule has 106 valence electrons. The van der Waals surface area contributed by atoms with E-state index in [2.05, 4.69) is 59.9 Å². The van der Waals surface area contributed by atoms with Gasteiger partial charge in [0.1, 0.15) is 0 Å². The topological polar surface area (TPSA) is 29.9 Å². The molecule has 1 aliphatic rings. The molecule has 0 aliphatic heterocycles. The third-order valence-corrected chi connectivity index (χ3v) is 4.55. The maximum Gasteiger partial charge on any atom is 0.0954 e. The summed E-state index contributed by atoms with van der Waals surface area (Å²) in [6.45, 7) is 7.43. The normalized spacial score (nSPS) is 21.8. The number of rotatable bonds is 3. The van der Waals surface area contributed by atoms with E-state index in [1.165, 1.54) is 23.2 Å². The predicted octanol–water partition coefficient (Wildman–Crippen LogP) is 3.34. The lowest BCUT2D eigenvalue weighted by molar-refractivity contribution is 0.318. The monoisotopic (exact) mass is 269 g/mol. The van der Waals surface area contributed by atoms with E-state index in [0.29, 0.717) is 12.1 Å². The fourth-order valence-electron chi connectivity index (χ4n) is 3.36. The van der Waals surface area contributed by atoms with Gasteiger partial charge in [-0.25, -0.2) is 4.98 Å². The molecular formula is C17H23N3. The van der Waals surface area contributed by atoms with Crippen LogP contribution in [0.4, 0.5) is 0 Å². The molecule has 1 aromatic heterocycles. The van der Waals surface area contributed by atoms with Gasteiger partial charge < -0.3 is 9.88 Å². The molecular weight excluding hydrogens is 246 g/mol. The van der Waals surface area contributed by atoms with Gasteiger partial charge in [0, 0.05) is 5.69 Å². The summed E-state index contributed by atoms with van der Waals surface area (Å²) in [5.41, 5.74) is 5.37. The van der Waals surface area contributed by atoms with Gasteiger partial charge in [-0.2, -0.15) is 0 Å². The van der Waals surface area contributed by atoms with Crippen molar-refractivity contribution in [2.24, 2.45) is 0 Å². The average molecular weight is 269 g/mol. The molecule has 1 aromatic carbocycles.